The Morgan fingerprint density at radius 3 is 2.29 bits per heavy atom. The van der Waals surface area contributed by atoms with Crippen molar-refractivity contribution in [2.45, 2.75) is 33.3 Å². The molecule has 0 heterocycles. The van der Waals surface area contributed by atoms with Crippen LogP contribution < -0.4 is 21.2 Å². The van der Waals surface area contributed by atoms with Crippen molar-refractivity contribution < 1.29 is 19.1 Å². The van der Waals surface area contributed by atoms with Gasteiger partial charge < -0.3 is 20.5 Å². The van der Waals surface area contributed by atoms with E-state index in [4.69, 9.17) is 15.2 Å². The lowest BCUT2D eigenvalue weighted by Gasteiger charge is -2.24. The van der Waals surface area contributed by atoms with Gasteiger partial charge in [0.05, 0.1) is 0 Å². The number of nitrogens with two attached hydrogens (primary N) is 1. The van der Waals surface area contributed by atoms with E-state index < -0.39 is 17.7 Å². The lowest BCUT2D eigenvalue weighted by Crippen LogP contribution is -2.47. The van der Waals surface area contributed by atoms with Crippen LogP contribution in [0.5, 0.6) is 11.5 Å². The first-order valence-corrected chi connectivity index (χ1v) is 8.72. The highest BCUT2D eigenvalue weighted by molar-refractivity contribution is 5.90. The van der Waals surface area contributed by atoms with Gasteiger partial charge in [0.2, 0.25) is 0 Å². The highest BCUT2D eigenvalue weighted by atomic mass is 16.6. The molecule has 3 amide bonds. The average Bonchev–Trinajstić information content (AvgIpc) is 2.57. The second kappa shape index (κ2) is 8.51. The zero-order valence-electron chi connectivity index (χ0n) is 16.7. The zero-order valence-corrected chi connectivity index (χ0v) is 16.7. The van der Waals surface area contributed by atoms with Crippen molar-refractivity contribution in [1.82, 2.24) is 10.4 Å². The van der Waals surface area contributed by atoms with Gasteiger partial charge in [-0.2, -0.15) is 0 Å². The maximum Gasteiger partial charge on any atom is 0.428 e. The van der Waals surface area contributed by atoms with Crippen LogP contribution in [0.4, 0.5) is 21.0 Å². The zero-order chi connectivity index (χ0) is 20.9. The van der Waals surface area contributed by atoms with E-state index in [1.807, 2.05) is 13.0 Å². The summed E-state index contributed by atoms with van der Waals surface area (Å²) in [4.78, 5) is 23.9. The van der Waals surface area contributed by atoms with Gasteiger partial charge in [0.15, 0.2) is 0 Å². The molecule has 0 bridgehead atoms. The van der Waals surface area contributed by atoms with Gasteiger partial charge >= 0.3 is 12.1 Å². The Morgan fingerprint density at radius 1 is 1.07 bits per heavy atom. The topological polar surface area (TPSA) is 106 Å². The van der Waals surface area contributed by atoms with E-state index in [2.05, 4.69) is 10.7 Å². The standard InChI is InChI=1S/C20H26N4O4/c1-13-12-14(21)6-11-17(13)27-16-9-7-15(8-10-16)22-18(25)23-24(5)19(26)28-20(2,3)4/h6-12H,21H2,1-5H3,(H2,22,23,25). The summed E-state index contributed by atoms with van der Waals surface area (Å²) < 4.78 is 11.0. The molecule has 0 aliphatic rings. The number of hydrogen-bond donors (Lipinski definition) is 3. The van der Waals surface area contributed by atoms with Crippen LogP contribution in [-0.4, -0.2) is 29.8 Å². The van der Waals surface area contributed by atoms with Crippen LogP contribution >= 0.6 is 0 Å². The van der Waals surface area contributed by atoms with E-state index in [1.165, 1.54) is 7.05 Å². The summed E-state index contributed by atoms with van der Waals surface area (Å²) in [5.74, 6) is 1.32. The highest BCUT2D eigenvalue weighted by Crippen LogP contribution is 2.27. The maximum atomic E-state index is 12.0. The van der Waals surface area contributed by atoms with Crippen LogP contribution in [0.2, 0.25) is 0 Å². The van der Waals surface area contributed by atoms with Crippen LogP contribution in [0.3, 0.4) is 0 Å². The monoisotopic (exact) mass is 386 g/mol. The summed E-state index contributed by atoms with van der Waals surface area (Å²) >= 11 is 0. The molecule has 0 radical (unpaired) electrons. The van der Waals surface area contributed by atoms with Crippen LogP contribution in [-0.2, 0) is 4.74 Å². The molecule has 8 heteroatoms. The molecule has 0 atom stereocenters. The number of urea groups is 1. The number of nitrogens with one attached hydrogen (secondary N) is 2. The number of hydrogen-bond acceptors (Lipinski definition) is 5. The fourth-order valence-corrected chi connectivity index (χ4v) is 2.21. The number of nitrogens with zero attached hydrogens (tertiary/aromatic N) is 1. The van der Waals surface area contributed by atoms with Gasteiger partial charge in [0.25, 0.3) is 0 Å². The van der Waals surface area contributed by atoms with Gasteiger partial charge in [-0.05, 0) is 75.7 Å². The molecule has 28 heavy (non-hydrogen) atoms. The van der Waals surface area contributed by atoms with Crippen molar-refractivity contribution in [1.29, 1.82) is 0 Å². The first-order chi connectivity index (χ1) is 13.0. The molecular weight excluding hydrogens is 360 g/mol. The number of rotatable bonds is 3. The smallest absolute Gasteiger partial charge is 0.428 e. The van der Waals surface area contributed by atoms with E-state index in [9.17, 15) is 9.59 Å². The van der Waals surface area contributed by atoms with Gasteiger partial charge in [-0.15, -0.1) is 0 Å². The van der Waals surface area contributed by atoms with Gasteiger partial charge in [-0.25, -0.2) is 20.0 Å². The number of ether oxygens (including phenoxy) is 2. The van der Waals surface area contributed by atoms with Crippen molar-refractivity contribution in [2.75, 3.05) is 18.1 Å². The molecule has 0 aromatic heterocycles. The van der Waals surface area contributed by atoms with Gasteiger partial charge in [-0.1, -0.05) is 0 Å². The third-order valence-corrected chi connectivity index (χ3v) is 3.48. The van der Waals surface area contributed by atoms with Crippen molar-refractivity contribution in [2.24, 2.45) is 0 Å². The van der Waals surface area contributed by atoms with Crippen LogP contribution in [0.25, 0.3) is 0 Å². The number of carbonyl (C=O) groups excluding carboxylic acids is 2. The molecule has 0 aliphatic carbocycles. The van der Waals surface area contributed by atoms with Crippen molar-refractivity contribution >= 4 is 23.5 Å². The Bertz CT molecular complexity index is 844. The molecule has 8 nitrogen and oxygen atoms in total. The second-order valence-electron chi connectivity index (χ2n) is 7.26. The lowest BCUT2D eigenvalue weighted by molar-refractivity contribution is 0.0234. The van der Waals surface area contributed by atoms with Crippen molar-refractivity contribution in [3.05, 3.63) is 48.0 Å². The number of hydrazine groups is 1. The minimum atomic E-state index is -0.662. The first-order valence-electron chi connectivity index (χ1n) is 8.72. The van der Waals surface area contributed by atoms with Gasteiger partial charge in [0, 0.05) is 18.4 Å². The van der Waals surface area contributed by atoms with E-state index in [0.717, 1.165) is 10.6 Å². The molecule has 2 aromatic carbocycles. The van der Waals surface area contributed by atoms with E-state index in [1.54, 1.807) is 57.2 Å². The third-order valence-electron chi connectivity index (χ3n) is 3.48. The Kier molecular flexibility index (Phi) is 6.35. The number of benzene rings is 2. The number of carbonyl (C=O) groups is 2. The number of amides is 3. The molecule has 0 saturated heterocycles. The summed E-state index contributed by atoms with van der Waals surface area (Å²) in [6, 6.07) is 11.7. The Balaban J connectivity index is 1.91. The molecule has 0 fully saturated rings. The number of anilines is 2. The van der Waals surface area contributed by atoms with Crippen LogP contribution in [0, 0.1) is 6.92 Å². The van der Waals surface area contributed by atoms with Gasteiger partial charge in [0.1, 0.15) is 17.1 Å². The van der Waals surface area contributed by atoms with Crippen LogP contribution in [0.1, 0.15) is 26.3 Å². The molecule has 2 aromatic rings. The Labute approximate surface area is 164 Å². The highest BCUT2D eigenvalue weighted by Gasteiger charge is 2.20. The Hall–Kier alpha value is -3.42. The van der Waals surface area contributed by atoms with E-state index in [0.29, 0.717) is 22.9 Å². The summed E-state index contributed by atoms with van der Waals surface area (Å²) in [7, 11) is 1.40. The maximum absolute atomic E-state index is 12.0. The molecule has 2 rings (SSSR count). The minimum Gasteiger partial charge on any atom is -0.457 e. The first kappa shape index (κ1) is 20.9. The lowest BCUT2D eigenvalue weighted by atomic mass is 10.2. The Morgan fingerprint density at radius 2 is 1.71 bits per heavy atom. The fraction of sp³-hybridized carbons (Fsp3) is 0.300. The summed E-state index contributed by atoms with van der Waals surface area (Å²) in [6.07, 6.45) is -0.662. The molecule has 0 saturated carbocycles. The fourth-order valence-electron chi connectivity index (χ4n) is 2.21. The molecule has 4 N–H and O–H groups in total. The predicted octanol–water partition coefficient (Wildman–Crippen LogP) is 4.27. The van der Waals surface area contributed by atoms with Crippen molar-refractivity contribution in [3.63, 3.8) is 0 Å². The largest absolute Gasteiger partial charge is 0.457 e. The molecular formula is C20H26N4O4. The molecule has 0 unspecified atom stereocenters. The summed E-state index contributed by atoms with van der Waals surface area (Å²) in [5.41, 5.74) is 9.60. The average molecular weight is 386 g/mol. The van der Waals surface area contributed by atoms with E-state index in [-0.39, 0.29) is 0 Å². The second-order valence-corrected chi connectivity index (χ2v) is 7.26. The minimum absolute atomic E-state index is 0.538. The van der Waals surface area contributed by atoms with E-state index >= 15 is 0 Å². The normalized spacial score (nSPS) is 10.8. The number of nitrogen functional groups attached to an aromatic ring is 1. The molecule has 150 valence electrons. The predicted molar refractivity (Wildman–Crippen MR) is 108 cm³/mol. The van der Waals surface area contributed by atoms with Gasteiger partial charge in [-0.3, -0.25) is 0 Å². The molecule has 0 aliphatic heterocycles. The summed E-state index contributed by atoms with van der Waals surface area (Å²) in [5, 5.41) is 3.60. The third kappa shape index (κ3) is 6.39. The molecule has 0 spiro atoms. The quantitative estimate of drug-likeness (QED) is 0.539. The summed E-state index contributed by atoms with van der Waals surface area (Å²) in [6.45, 7) is 7.14. The van der Waals surface area contributed by atoms with Crippen molar-refractivity contribution in [3.8, 4) is 11.5 Å². The van der Waals surface area contributed by atoms with Crippen LogP contribution in [0.15, 0.2) is 42.5 Å². The number of aryl methyl sites for hydroxylation is 1. The SMILES string of the molecule is Cc1cc(N)ccc1Oc1ccc(NC(=O)NN(C)C(=O)OC(C)(C)C)cc1.